The number of hydrogen-bond donors (Lipinski definition) is 0. The molecule has 0 atom stereocenters. The predicted octanol–water partition coefficient (Wildman–Crippen LogP) is 1.28. The number of alkyl halides is 1. The van der Waals surface area contributed by atoms with Gasteiger partial charge >= 0.3 is 0 Å². The smallest absolute Gasteiger partial charge is 0.213 e. The van der Waals surface area contributed by atoms with Crippen LogP contribution in [0, 0.1) is 0 Å². The molecule has 0 radical (unpaired) electrons. The predicted molar refractivity (Wildman–Crippen MR) is 62.7 cm³/mol. The Hall–Kier alpha value is -1.53. The Bertz CT molecular complexity index is 331. The number of hydrogen-bond acceptors (Lipinski definition) is 5. The van der Waals surface area contributed by atoms with Gasteiger partial charge in [0.2, 0.25) is 5.88 Å². The van der Waals surface area contributed by atoms with Crippen LogP contribution in [-0.4, -0.2) is 51.0 Å². The largest absolute Gasteiger partial charge is 0.475 e. The molecule has 100 valence electrons. The molecular formula is C12H16FNO4. The highest BCUT2D eigenvalue weighted by Gasteiger charge is 1.96. The topological polar surface area (TPSA) is 57.7 Å². The van der Waals surface area contributed by atoms with Crippen molar-refractivity contribution in [2.24, 2.45) is 0 Å². The Morgan fingerprint density at radius 2 is 1.83 bits per heavy atom. The zero-order valence-corrected chi connectivity index (χ0v) is 10.0. The highest BCUT2D eigenvalue weighted by Crippen LogP contribution is 2.05. The van der Waals surface area contributed by atoms with Crippen LogP contribution in [0.3, 0.4) is 0 Å². The first-order valence-electron chi connectivity index (χ1n) is 5.62. The second-order valence-electron chi connectivity index (χ2n) is 3.31. The van der Waals surface area contributed by atoms with Gasteiger partial charge < -0.3 is 14.2 Å². The molecule has 0 aliphatic rings. The maximum absolute atomic E-state index is 11.7. The van der Waals surface area contributed by atoms with Crippen LogP contribution in [0.4, 0.5) is 4.39 Å². The van der Waals surface area contributed by atoms with Crippen LogP contribution in [0.1, 0.15) is 10.4 Å². The van der Waals surface area contributed by atoms with E-state index in [0.29, 0.717) is 37.9 Å². The number of aldehydes is 1. The minimum absolute atomic E-state index is 0.104. The van der Waals surface area contributed by atoms with Gasteiger partial charge in [0, 0.05) is 17.8 Å². The maximum Gasteiger partial charge on any atom is 0.213 e. The zero-order chi connectivity index (χ0) is 13.1. The van der Waals surface area contributed by atoms with Crippen molar-refractivity contribution in [1.29, 1.82) is 0 Å². The number of pyridine rings is 1. The molecule has 0 N–H and O–H groups in total. The Balaban J connectivity index is 2.01. The fourth-order valence-corrected chi connectivity index (χ4v) is 1.13. The lowest BCUT2D eigenvalue weighted by Crippen LogP contribution is -2.11. The van der Waals surface area contributed by atoms with E-state index in [-0.39, 0.29) is 6.61 Å². The van der Waals surface area contributed by atoms with Gasteiger partial charge in [-0.1, -0.05) is 0 Å². The van der Waals surface area contributed by atoms with Crippen LogP contribution >= 0.6 is 0 Å². The molecule has 6 heteroatoms. The monoisotopic (exact) mass is 257 g/mol. The summed E-state index contributed by atoms with van der Waals surface area (Å²) < 4.78 is 27.0. The maximum atomic E-state index is 11.7. The molecule has 0 aliphatic carbocycles. The average molecular weight is 257 g/mol. The molecule has 0 aliphatic heterocycles. The van der Waals surface area contributed by atoms with Crippen molar-refractivity contribution >= 4 is 6.29 Å². The molecular weight excluding hydrogens is 241 g/mol. The summed E-state index contributed by atoms with van der Waals surface area (Å²) in [5, 5.41) is 0. The first-order valence-corrected chi connectivity index (χ1v) is 5.62. The van der Waals surface area contributed by atoms with E-state index < -0.39 is 6.67 Å². The molecule has 1 rings (SSSR count). The standard InChI is InChI=1S/C12H16FNO4/c13-3-4-16-5-6-17-7-8-18-12-2-1-11(10-15)9-14-12/h1-2,9-10H,3-8H2. The zero-order valence-electron chi connectivity index (χ0n) is 10.0. The fraction of sp³-hybridized carbons (Fsp3) is 0.500. The van der Waals surface area contributed by atoms with Gasteiger partial charge in [-0.05, 0) is 6.07 Å². The minimum Gasteiger partial charge on any atom is -0.475 e. The summed E-state index contributed by atoms with van der Waals surface area (Å²) >= 11 is 0. The van der Waals surface area contributed by atoms with Crippen LogP contribution in [0.15, 0.2) is 18.3 Å². The van der Waals surface area contributed by atoms with E-state index in [2.05, 4.69) is 4.98 Å². The molecule has 1 aromatic heterocycles. The number of nitrogens with zero attached hydrogens (tertiary/aromatic N) is 1. The van der Waals surface area contributed by atoms with Crippen LogP contribution in [0.5, 0.6) is 5.88 Å². The van der Waals surface area contributed by atoms with Gasteiger partial charge in [0.05, 0.1) is 26.4 Å². The Labute approximate surface area is 105 Å². The molecule has 0 unspecified atom stereocenters. The molecule has 18 heavy (non-hydrogen) atoms. The molecule has 1 heterocycles. The average Bonchev–Trinajstić information content (AvgIpc) is 2.42. The molecule has 5 nitrogen and oxygen atoms in total. The summed E-state index contributed by atoms with van der Waals surface area (Å²) in [6.45, 7) is 1.15. The second kappa shape index (κ2) is 9.49. The van der Waals surface area contributed by atoms with E-state index in [0.717, 1.165) is 6.29 Å². The number of carbonyl (C=O) groups excluding carboxylic acids is 1. The normalized spacial score (nSPS) is 10.3. The van der Waals surface area contributed by atoms with Gasteiger partial charge in [0.25, 0.3) is 0 Å². The molecule has 0 saturated carbocycles. The number of aromatic nitrogens is 1. The molecule has 1 aromatic rings. The molecule has 0 amide bonds. The minimum atomic E-state index is -0.481. The summed E-state index contributed by atoms with van der Waals surface area (Å²) in [4.78, 5) is 14.3. The van der Waals surface area contributed by atoms with Crippen molar-refractivity contribution in [2.75, 3.05) is 39.7 Å². The molecule has 0 saturated heterocycles. The van der Waals surface area contributed by atoms with Crippen molar-refractivity contribution in [1.82, 2.24) is 4.98 Å². The summed E-state index contributed by atoms with van der Waals surface area (Å²) in [5.41, 5.74) is 0.503. The van der Waals surface area contributed by atoms with E-state index in [9.17, 15) is 9.18 Å². The Kier molecular flexibility index (Phi) is 7.66. The van der Waals surface area contributed by atoms with Crippen LogP contribution < -0.4 is 4.74 Å². The van der Waals surface area contributed by atoms with Crippen LogP contribution in [0.25, 0.3) is 0 Å². The highest BCUT2D eigenvalue weighted by molar-refractivity contribution is 5.73. The molecule has 0 spiro atoms. The summed E-state index contributed by atoms with van der Waals surface area (Å²) in [5.74, 6) is 0.442. The SMILES string of the molecule is O=Cc1ccc(OCCOCCOCCF)nc1. The lowest BCUT2D eigenvalue weighted by atomic mass is 10.3. The molecule has 0 aromatic carbocycles. The van der Waals surface area contributed by atoms with Gasteiger partial charge in [-0.2, -0.15) is 0 Å². The summed E-state index contributed by atoms with van der Waals surface area (Å²) in [6, 6.07) is 3.25. The van der Waals surface area contributed by atoms with Gasteiger partial charge in [-0.25, -0.2) is 9.37 Å². The van der Waals surface area contributed by atoms with Gasteiger partial charge in [-0.3, -0.25) is 4.79 Å². The van der Waals surface area contributed by atoms with E-state index in [1.54, 1.807) is 12.1 Å². The van der Waals surface area contributed by atoms with E-state index >= 15 is 0 Å². The van der Waals surface area contributed by atoms with E-state index in [1.807, 2.05) is 0 Å². The number of rotatable bonds is 10. The van der Waals surface area contributed by atoms with Crippen molar-refractivity contribution in [2.45, 2.75) is 0 Å². The third-order valence-corrected chi connectivity index (χ3v) is 1.97. The van der Waals surface area contributed by atoms with Gasteiger partial charge in [-0.15, -0.1) is 0 Å². The van der Waals surface area contributed by atoms with Crippen molar-refractivity contribution in [3.63, 3.8) is 0 Å². The summed E-state index contributed by atoms with van der Waals surface area (Å²) in [7, 11) is 0. The quantitative estimate of drug-likeness (QED) is 0.467. The molecule has 0 fully saturated rings. The first-order chi connectivity index (χ1) is 8.86. The number of ether oxygens (including phenoxy) is 3. The van der Waals surface area contributed by atoms with Crippen molar-refractivity contribution < 1.29 is 23.4 Å². The Morgan fingerprint density at radius 1 is 1.11 bits per heavy atom. The molecule has 0 bridgehead atoms. The van der Waals surface area contributed by atoms with Crippen molar-refractivity contribution in [3.8, 4) is 5.88 Å². The third kappa shape index (κ3) is 6.27. The third-order valence-electron chi connectivity index (χ3n) is 1.97. The Morgan fingerprint density at radius 3 is 2.44 bits per heavy atom. The van der Waals surface area contributed by atoms with Crippen LogP contribution in [0.2, 0.25) is 0 Å². The van der Waals surface area contributed by atoms with E-state index in [4.69, 9.17) is 14.2 Å². The lowest BCUT2D eigenvalue weighted by molar-refractivity contribution is 0.0320. The first kappa shape index (κ1) is 14.5. The highest BCUT2D eigenvalue weighted by atomic mass is 19.1. The summed E-state index contributed by atoms with van der Waals surface area (Å²) in [6.07, 6.45) is 2.16. The van der Waals surface area contributed by atoms with Gasteiger partial charge in [0.15, 0.2) is 6.29 Å². The van der Waals surface area contributed by atoms with Gasteiger partial charge in [0.1, 0.15) is 13.3 Å². The number of halogens is 1. The van der Waals surface area contributed by atoms with E-state index in [1.165, 1.54) is 6.20 Å². The van der Waals surface area contributed by atoms with Crippen LogP contribution in [-0.2, 0) is 9.47 Å². The fourth-order valence-electron chi connectivity index (χ4n) is 1.13. The number of carbonyl (C=O) groups is 1. The van der Waals surface area contributed by atoms with Crippen molar-refractivity contribution in [3.05, 3.63) is 23.9 Å². The lowest BCUT2D eigenvalue weighted by Gasteiger charge is -2.06. The second-order valence-corrected chi connectivity index (χ2v) is 3.31.